The molecule has 1 fully saturated rings. The quantitative estimate of drug-likeness (QED) is 0.186. The minimum Gasteiger partial charge on any atom is -0.406 e. The van der Waals surface area contributed by atoms with Crippen LogP contribution in [-0.4, -0.2) is 49.8 Å². The first kappa shape index (κ1) is 32.9. The zero-order valence-electron chi connectivity index (χ0n) is 26.2. The number of aromatic nitrogens is 3. The largest absolute Gasteiger partial charge is 0.573 e. The number of carbonyl (C=O) groups excluding carboxylic acids is 1. The molecule has 0 saturated carbocycles. The molecule has 0 spiro atoms. The maximum atomic E-state index is 13.0. The summed E-state index contributed by atoms with van der Waals surface area (Å²) in [6, 6.07) is 18.9. The van der Waals surface area contributed by atoms with E-state index in [0.29, 0.717) is 34.7 Å². The average Bonchev–Trinajstić information content (AvgIpc) is 3.47. The number of halogens is 3. The van der Waals surface area contributed by atoms with Crippen molar-refractivity contribution in [3.05, 3.63) is 89.7 Å². The van der Waals surface area contributed by atoms with Crippen molar-refractivity contribution < 1.29 is 22.7 Å². The molecule has 0 aliphatic carbocycles. The van der Waals surface area contributed by atoms with Crippen LogP contribution in [0, 0.1) is 6.92 Å². The molecule has 12 heteroatoms. The van der Waals surface area contributed by atoms with E-state index in [1.165, 1.54) is 46.4 Å². The average molecular weight is 649 g/mol. The van der Waals surface area contributed by atoms with Crippen LogP contribution in [0.4, 0.5) is 23.7 Å². The third kappa shape index (κ3) is 8.03. The third-order valence-corrected chi connectivity index (χ3v) is 8.51. The molecule has 0 bridgehead atoms. The van der Waals surface area contributed by atoms with Crippen LogP contribution in [0.25, 0.3) is 17.1 Å². The van der Waals surface area contributed by atoms with Crippen molar-refractivity contribution >= 4 is 34.4 Å². The number of anilines is 1. The highest BCUT2D eigenvalue weighted by Crippen LogP contribution is 2.36. The van der Waals surface area contributed by atoms with E-state index in [2.05, 4.69) is 75.6 Å². The Labute approximate surface area is 270 Å². The maximum Gasteiger partial charge on any atom is 0.573 e. The van der Waals surface area contributed by atoms with Gasteiger partial charge in [-0.1, -0.05) is 62.0 Å². The Bertz CT molecular complexity index is 1750. The second-order valence-electron chi connectivity index (χ2n) is 11.5. The summed E-state index contributed by atoms with van der Waals surface area (Å²) in [6.07, 6.45) is -1.81. The molecule has 8 nitrogen and oxygen atoms in total. The van der Waals surface area contributed by atoms with Gasteiger partial charge in [0.15, 0.2) is 11.0 Å². The van der Waals surface area contributed by atoms with Crippen molar-refractivity contribution in [2.75, 3.05) is 10.7 Å². The van der Waals surface area contributed by atoms with Crippen LogP contribution in [0.2, 0.25) is 0 Å². The van der Waals surface area contributed by atoms with Gasteiger partial charge in [-0.2, -0.15) is 4.99 Å². The van der Waals surface area contributed by atoms with E-state index in [9.17, 15) is 18.0 Å². The van der Waals surface area contributed by atoms with Gasteiger partial charge in [-0.15, -0.1) is 18.3 Å². The minimum atomic E-state index is -4.75. The third-order valence-electron chi connectivity index (χ3n) is 7.53. The monoisotopic (exact) mass is 648 g/mol. The molecule has 46 heavy (non-hydrogen) atoms. The van der Waals surface area contributed by atoms with Crippen LogP contribution in [0.3, 0.4) is 0 Å². The SMILES string of the molecule is CC(Cc1ccc(-c2ncn(-c3ccc(OC(F)(F)F)cc3)n2)cc1)=NC(=O)N=C1SCCC(C)N1c1cccc(C)c1C(C)C. The Hall–Kier alpha value is -4.45. The van der Waals surface area contributed by atoms with Crippen LogP contribution in [0.15, 0.2) is 83.0 Å². The second-order valence-corrected chi connectivity index (χ2v) is 12.5. The lowest BCUT2D eigenvalue weighted by Crippen LogP contribution is -2.42. The molecule has 2 heterocycles. The molecule has 1 unspecified atom stereocenters. The van der Waals surface area contributed by atoms with E-state index in [1.54, 1.807) is 11.8 Å². The van der Waals surface area contributed by atoms with Crippen molar-refractivity contribution in [2.45, 2.75) is 65.8 Å². The highest BCUT2D eigenvalue weighted by atomic mass is 32.2. The van der Waals surface area contributed by atoms with E-state index < -0.39 is 12.4 Å². The van der Waals surface area contributed by atoms with E-state index >= 15 is 0 Å². The van der Waals surface area contributed by atoms with Gasteiger partial charge >= 0.3 is 12.4 Å². The molecule has 1 aromatic heterocycles. The zero-order valence-corrected chi connectivity index (χ0v) is 27.1. The van der Waals surface area contributed by atoms with Crippen LogP contribution in [-0.2, 0) is 6.42 Å². The van der Waals surface area contributed by atoms with Gasteiger partial charge in [0, 0.05) is 35.2 Å². The summed E-state index contributed by atoms with van der Waals surface area (Å²) in [5.74, 6) is 1.36. The van der Waals surface area contributed by atoms with Crippen molar-refractivity contribution in [3.63, 3.8) is 0 Å². The molecule has 2 amide bonds. The Morgan fingerprint density at radius 1 is 1.09 bits per heavy atom. The van der Waals surface area contributed by atoms with Gasteiger partial charge in [-0.25, -0.2) is 19.5 Å². The standard InChI is InChI=1S/C34H35F3N6O2S/c1-21(2)30-22(3)7-6-8-29(30)43-24(5)17-18-46-33(43)40-32(44)39-23(4)19-25-9-11-26(12-10-25)31-38-20-42(41-31)27-13-15-28(16-14-27)45-34(35,36)37/h6-16,20-21,24H,17-19H2,1-5H3. The molecule has 1 saturated heterocycles. The summed E-state index contributed by atoms with van der Waals surface area (Å²) in [4.78, 5) is 28.3. The number of urea groups is 1. The smallest absolute Gasteiger partial charge is 0.406 e. The van der Waals surface area contributed by atoms with Gasteiger partial charge < -0.3 is 9.64 Å². The summed E-state index contributed by atoms with van der Waals surface area (Å²) in [7, 11) is 0. The first-order valence-electron chi connectivity index (χ1n) is 14.9. The molecule has 0 N–H and O–H groups in total. The Kier molecular flexibility index (Phi) is 9.95. The summed E-state index contributed by atoms with van der Waals surface area (Å²) in [5.41, 5.74) is 6.46. The first-order chi connectivity index (χ1) is 21.9. The van der Waals surface area contributed by atoms with E-state index in [4.69, 9.17) is 0 Å². The number of amidine groups is 1. The van der Waals surface area contributed by atoms with E-state index in [-0.39, 0.29) is 11.8 Å². The summed E-state index contributed by atoms with van der Waals surface area (Å²) < 4.78 is 42.7. The van der Waals surface area contributed by atoms with Gasteiger partial charge in [-0.3, -0.25) is 0 Å². The van der Waals surface area contributed by atoms with Crippen molar-refractivity contribution in [1.29, 1.82) is 0 Å². The van der Waals surface area contributed by atoms with Crippen molar-refractivity contribution in [3.8, 4) is 22.8 Å². The lowest BCUT2D eigenvalue weighted by molar-refractivity contribution is -0.274. The normalized spacial score (nSPS) is 16.7. The molecular weight excluding hydrogens is 613 g/mol. The fraction of sp³-hybridized carbons (Fsp3) is 0.324. The van der Waals surface area contributed by atoms with E-state index in [1.807, 2.05) is 31.2 Å². The Balaban J connectivity index is 1.26. The van der Waals surface area contributed by atoms with Crippen molar-refractivity contribution in [1.82, 2.24) is 14.8 Å². The summed E-state index contributed by atoms with van der Waals surface area (Å²) in [5, 5.41) is 5.12. The summed E-state index contributed by atoms with van der Waals surface area (Å²) in [6.45, 7) is 10.5. The molecule has 3 aromatic carbocycles. The van der Waals surface area contributed by atoms with Crippen LogP contribution in [0.1, 0.15) is 56.7 Å². The molecule has 1 aliphatic rings. The van der Waals surface area contributed by atoms with Gasteiger partial charge in [0.25, 0.3) is 0 Å². The highest BCUT2D eigenvalue weighted by Gasteiger charge is 2.31. The molecule has 1 atom stereocenters. The second kappa shape index (κ2) is 13.9. The number of ether oxygens (including phenoxy) is 1. The zero-order chi connectivity index (χ0) is 33.0. The highest BCUT2D eigenvalue weighted by molar-refractivity contribution is 8.14. The number of aryl methyl sites for hydroxylation is 1. The molecule has 5 rings (SSSR count). The Morgan fingerprint density at radius 3 is 2.48 bits per heavy atom. The number of nitrogens with zero attached hydrogens (tertiary/aromatic N) is 6. The molecular formula is C34H35F3N6O2S. The fourth-order valence-corrected chi connectivity index (χ4v) is 6.66. The molecule has 240 valence electrons. The van der Waals surface area contributed by atoms with Gasteiger partial charge in [0.1, 0.15) is 12.1 Å². The number of carbonyl (C=O) groups is 1. The van der Waals surface area contributed by atoms with Crippen molar-refractivity contribution in [2.24, 2.45) is 9.98 Å². The van der Waals surface area contributed by atoms with Crippen LogP contribution >= 0.6 is 11.8 Å². The fourth-order valence-electron chi connectivity index (χ4n) is 5.46. The number of amides is 2. The number of alkyl halides is 3. The lowest BCUT2D eigenvalue weighted by atomic mass is 9.95. The number of benzene rings is 3. The molecule has 1 aliphatic heterocycles. The predicted octanol–water partition coefficient (Wildman–Crippen LogP) is 8.78. The number of thioether (sulfide) groups is 1. The van der Waals surface area contributed by atoms with Crippen LogP contribution in [0.5, 0.6) is 5.75 Å². The number of hydrogen-bond acceptors (Lipinski definition) is 5. The minimum absolute atomic E-state index is 0.204. The van der Waals surface area contributed by atoms with Gasteiger partial charge in [0.2, 0.25) is 0 Å². The predicted molar refractivity (Wildman–Crippen MR) is 177 cm³/mol. The number of aliphatic imine (C=N–C) groups is 2. The lowest BCUT2D eigenvalue weighted by Gasteiger charge is -2.37. The molecule has 0 radical (unpaired) electrons. The van der Waals surface area contributed by atoms with Crippen LogP contribution < -0.4 is 9.64 Å². The first-order valence-corrected chi connectivity index (χ1v) is 15.9. The van der Waals surface area contributed by atoms with Gasteiger partial charge in [-0.05, 0) is 80.1 Å². The maximum absolute atomic E-state index is 13.0. The van der Waals surface area contributed by atoms with E-state index in [0.717, 1.165) is 29.0 Å². The van der Waals surface area contributed by atoms with Gasteiger partial charge in [0.05, 0.1) is 5.69 Å². The molecule has 4 aromatic rings. The topological polar surface area (TPSA) is 85.0 Å². The number of rotatable bonds is 7. The number of hydrogen-bond donors (Lipinski definition) is 0. The summed E-state index contributed by atoms with van der Waals surface area (Å²) >= 11 is 1.58. The Morgan fingerprint density at radius 2 is 1.80 bits per heavy atom.